The molecule has 0 fully saturated rings. The van der Waals surface area contributed by atoms with Crippen LogP contribution < -0.4 is 0 Å². The average Bonchev–Trinajstić information content (AvgIpc) is 1.88. The van der Waals surface area contributed by atoms with Crippen molar-refractivity contribution in [1.82, 2.24) is 4.90 Å². The quantitative estimate of drug-likeness (QED) is 0.548. The van der Waals surface area contributed by atoms with E-state index in [2.05, 4.69) is 39.0 Å². The average molecular weight is 153 g/mol. The summed E-state index contributed by atoms with van der Waals surface area (Å²) in [5.74, 6) is 0. The molecule has 0 aromatic rings. The minimum absolute atomic E-state index is 0.204. The molecule has 0 saturated heterocycles. The van der Waals surface area contributed by atoms with E-state index in [-0.39, 0.29) is 5.54 Å². The molecule has 0 N–H and O–H groups in total. The molecule has 0 heterocycles. The van der Waals surface area contributed by atoms with Crippen LogP contribution in [-0.2, 0) is 0 Å². The second kappa shape index (κ2) is 4.35. The van der Waals surface area contributed by atoms with Crippen molar-refractivity contribution in [3.8, 4) is 0 Å². The highest BCUT2D eigenvalue weighted by atomic mass is 15.2. The Kier molecular flexibility index (Phi) is 4.12. The largest absolute Gasteiger partial charge is 0.297 e. The van der Waals surface area contributed by atoms with Crippen molar-refractivity contribution in [2.24, 2.45) is 0 Å². The Labute approximate surface area is 70.4 Å². The van der Waals surface area contributed by atoms with Crippen LogP contribution in [0, 0.1) is 0 Å². The maximum absolute atomic E-state index is 3.74. The van der Waals surface area contributed by atoms with Gasteiger partial charge in [-0.05, 0) is 27.3 Å². The normalized spacial score (nSPS) is 11.6. The first kappa shape index (κ1) is 10.4. The molecule has 0 spiro atoms. The Hall–Kier alpha value is -0.560. The molecule has 0 atom stereocenters. The summed E-state index contributed by atoms with van der Waals surface area (Å²) in [5.41, 5.74) is 0.204. The smallest absolute Gasteiger partial charge is 0.0187 e. The first-order valence-corrected chi connectivity index (χ1v) is 3.97. The molecule has 0 aromatic carbocycles. The Morgan fingerprint density at radius 3 is 2.18 bits per heavy atom. The number of hydrogen-bond donors (Lipinski definition) is 0. The monoisotopic (exact) mass is 153 g/mol. The van der Waals surface area contributed by atoms with Gasteiger partial charge in [-0.3, -0.25) is 4.90 Å². The van der Waals surface area contributed by atoms with E-state index in [9.17, 15) is 0 Å². The van der Waals surface area contributed by atoms with Crippen LogP contribution in [0.2, 0.25) is 0 Å². The third kappa shape index (κ3) is 3.38. The number of rotatable bonds is 5. The Bertz CT molecular complexity index is 136. The zero-order valence-electron chi connectivity index (χ0n) is 7.93. The topological polar surface area (TPSA) is 3.24 Å². The zero-order chi connectivity index (χ0) is 8.91. The zero-order valence-corrected chi connectivity index (χ0v) is 7.93. The molecule has 1 nitrogen and oxygen atoms in total. The van der Waals surface area contributed by atoms with Crippen molar-refractivity contribution in [2.75, 3.05) is 13.6 Å². The van der Waals surface area contributed by atoms with Crippen LogP contribution >= 0.6 is 0 Å². The van der Waals surface area contributed by atoms with Crippen LogP contribution in [0.3, 0.4) is 0 Å². The third-order valence-electron chi connectivity index (χ3n) is 2.08. The van der Waals surface area contributed by atoms with Crippen LogP contribution in [0.15, 0.2) is 25.3 Å². The molecular weight excluding hydrogens is 134 g/mol. The molecule has 0 aromatic heterocycles. The standard InChI is InChI=1S/C10H19N/c1-6-8-10(3,4)11(5)9-7-2/h6-7H,1-2,8-9H2,3-5H3. The van der Waals surface area contributed by atoms with E-state index >= 15 is 0 Å². The summed E-state index contributed by atoms with van der Waals surface area (Å²) in [4.78, 5) is 2.27. The van der Waals surface area contributed by atoms with Crippen LogP contribution in [0.1, 0.15) is 20.3 Å². The molecule has 0 aliphatic heterocycles. The van der Waals surface area contributed by atoms with Gasteiger partial charge in [-0.25, -0.2) is 0 Å². The highest BCUT2D eigenvalue weighted by molar-refractivity contribution is 4.89. The summed E-state index contributed by atoms with van der Waals surface area (Å²) < 4.78 is 0. The summed E-state index contributed by atoms with van der Waals surface area (Å²) in [6.45, 7) is 12.8. The van der Waals surface area contributed by atoms with Gasteiger partial charge in [0.25, 0.3) is 0 Å². The highest BCUT2D eigenvalue weighted by Gasteiger charge is 2.19. The van der Waals surface area contributed by atoms with Crippen LogP contribution in [0.5, 0.6) is 0 Å². The molecule has 0 radical (unpaired) electrons. The number of nitrogens with zero attached hydrogens (tertiary/aromatic N) is 1. The van der Waals surface area contributed by atoms with Crippen LogP contribution in [-0.4, -0.2) is 24.0 Å². The molecule has 0 bridgehead atoms. The van der Waals surface area contributed by atoms with Gasteiger partial charge >= 0.3 is 0 Å². The van der Waals surface area contributed by atoms with Crippen LogP contribution in [0.25, 0.3) is 0 Å². The van der Waals surface area contributed by atoms with Crippen molar-refractivity contribution >= 4 is 0 Å². The molecule has 64 valence electrons. The lowest BCUT2D eigenvalue weighted by molar-refractivity contribution is 0.177. The van der Waals surface area contributed by atoms with E-state index in [1.54, 1.807) is 0 Å². The molecule has 0 unspecified atom stereocenters. The Morgan fingerprint density at radius 2 is 1.82 bits per heavy atom. The fourth-order valence-electron chi connectivity index (χ4n) is 0.950. The molecule has 0 amide bonds. The van der Waals surface area contributed by atoms with Gasteiger partial charge < -0.3 is 0 Å². The highest BCUT2D eigenvalue weighted by Crippen LogP contribution is 2.16. The molecular formula is C10H19N. The first-order valence-electron chi connectivity index (χ1n) is 3.97. The van der Waals surface area contributed by atoms with Gasteiger partial charge in [0.2, 0.25) is 0 Å². The summed E-state index contributed by atoms with van der Waals surface area (Å²) in [6.07, 6.45) is 4.89. The third-order valence-corrected chi connectivity index (χ3v) is 2.08. The van der Waals surface area contributed by atoms with Gasteiger partial charge in [0.15, 0.2) is 0 Å². The van der Waals surface area contributed by atoms with Gasteiger partial charge in [-0.1, -0.05) is 12.2 Å². The van der Waals surface area contributed by atoms with E-state index in [1.165, 1.54) is 0 Å². The maximum atomic E-state index is 3.74. The molecule has 11 heavy (non-hydrogen) atoms. The predicted molar refractivity (Wildman–Crippen MR) is 51.7 cm³/mol. The fraction of sp³-hybridized carbons (Fsp3) is 0.600. The minimum Gasteiger partial charge on any atom is -0.297 e. The van der Waals surface area contributed by atoms with Gasteiger partial charge in [0.1, 0.15) is 0 Å². The van der Waals surface area contributed by atoms with E-state index in [1.807, 2.05) is 12.2 Å². The molecule has 1 heteroatoms. The lowest BCUT2D eigenvalue weighted by atomic mass is 9.99. The SMILES string of the molecule is C=CCN(C)C(C)(C)CC=C. The Balaban J connectivity index is 4.03. The van der Waals surface area contributed by atoms with Crippen molar-refractivity contribution in [3.05, 3.63) is 25.3 Å². The fourth-order valence-corrected chi connectivity index (χ4v) is 0.950. The number of likely N-dealkylation sites (N-methyl/N-ethyl adjacent to an activating group) is 1. The minimum atomic E-state index is 0.204. The van der Waals surface area contributed by atoms with Gasteiger partial charge in [-0.15, -0.1) is 13.2 Å². The molecule has 0 saturated carbocycles. The summed E-state index contributed by atoms with van der Waals surface area (Å²) >= 11 is 0. The summed E-state index contributed by atoms with van der Waals surface area (Å²) in [6, 6.07) is 0. The lowest BCUT2D eigenvalue weighted by Crippen LogP contribution is -2.40. The lowest BCUT2D eigenvalue weighted by Gasteiger charge is -2.33. The van der Waals surface area contributed by atoms with Crippen molar-refractivity contribution in [2.45, 2.75) is 25.8 Å². The second-order valence-corrected chi connectivity index (χ2v) is 3.47. The van der Waals surface area contributed by atoms with E-state index in [0.29, 0.717) is 0 Å². The van der Waals surface area contributed by atoms with Crippen molar-refractivity contribution in [1.29, 1.82) is 0 Å². The predicted octanol–water partition coefficient (Wildman–Crippen LogP) is 2.46. The van der Waals surface area contributed by atoms with Crippen molar-refractivity contribution in [3.63, 3.8) is 0 Å². The Morgan fingerprint density at radius 1 is 1.27 bits per heavy atom. The maximum Gasteiger partial charge on any atom is 0.0187 e. The summed E-state index contributed by atoms with van der Waals surface area (Å²) in [5, 5.41) is 0. The van der Waals surface area contributed by atoms with Crippen molar-refractivity contribution < 1.29 is 0 Å². The molecule has 0 aliphatic carbocycles. The summed E-state index contributed by atoms with van der Waals surface area (Å²) in [7, 11) is 2.10. The molecule has 0 rings (SSSR count). The van der Waals surface area contributed by atoms with Gasteiger partial charge in [0.05, 0.1) is 0 Å². The van der Waals surface area contributed by atoms with Gasteiger partial charge in [0, 0.05) is 12.1 Å². The number of hydrogen-bond acceptors (Lipinski definition) is 1. The molecule has 0 aliphatic rings. The van der Waals surface area contributed by atoms with E-state index in [0.717, 1.165) is 13.0 Å². The first-order chi connectivity index (χ1) is 5.04. The van der Waals surface area contributed by atoms with E-state index < -0.39 is 0 Å². The second-order valence-electron chi connectivity index (χ2n) is 3.47. The van der Waals surface area contributed by atoms with E-state index in [4.69, 9.17) is 0 Å². The van der Waals surface area contributed by atoms with Gasteiger partial charge in [-0.2, -0.15) is 0 Å². The van der Waals surface area contributed by atoms with Crippen LogP contribution in [0.4, 0.5) is 0 Å².